The van der Waals surface area contributed by atoms with Gasteiger partial charge in [-0.05, 0) is 32.6 Å². The summed E-state index contributed by atoms with van der Waals surface area (Å²) in [6.07, 6.45) is 6.03. The van der Waals surface area contributed by atoms with Gasteiger partial charge in [-0.1, -0.05) is 12.8 Å². The van der Waals surface area contributed by atoms with Crippen molar-refractivity contribution in [3.8, 4) is 0 Å². The zero-order valence-corrected chi connectivity index (χ0v) is 13.1. The van der Waals surface area contributed by atoms with Crippen LogP contribution >= 0.6 is 0 Å². The summed E-state index contributed by atoms with van der Waals surface area (Å²) in [6, 6.07) is -0.288. The fourth-order valence-corrected chi connectivity index (χ4v) is 4.83. The number of carbonyl (C=O) groups excluding carboxylic acids is 1. The van der Waals surface area contributed by atoms with E-state index in [0.29, 0.717) is 12.3 Å². The summed E-state index contributed by atoms with van der Waals surface area (Å²) in [5, 5.41) is 2.82. The maximum Gasteiger partial charge on any atom is 0.239 e. The predicted molar refractivity (Wildman–Crippen MR) is 79.3 cm³/mol. The van der Waals surface area contributed by atoms with Crippen molar-refractivity contribution in [2.45, 2.75) is 56.7 Å². The van der Waals surface area contributed by atoms with Gasteiger partial charge < -0.3 is 10.2 Å². The minimum absolute atomic E-state index is 0.113. The summed E-state index contributed by atoms with van der Waals surface area (Å²) in [5.41, 5.74) is 0. The van der Waals surface area contributed by atoms with Crippen LogP contribution in [-0.2, 0) is 14.6 Å². The van der Waals surface area contributed by atoms with Crippen LogP contribution in [0.3, 0.4) is 0 Å². The number of nitrogens with one attached hydrogen (secondary N) is 1. The van der Waals surface area contributed by atoms with E-state index in [4.69, 9.17) is 0 Å². The molecule has 2 heterocycles. The first kappa shape index (κ1) is 15.8. The van der Waals surface area contributed by atoms with Crippen molar-refractivity contribution in [1.82, 2.24) is 10.2 Å². The van der Waals surface area contributed by atoms with E-state index >= 15 is 0 Å². The Bertz CT molecular complexity index is 428. The number of amides is 1. The van der Waals surface area contributed by atoms with Crippen molar-refractivity contribution < 1.29 is 13.2 Å². The van der Waals surface area contributed by atoms with Gasteiger partial charge in [0.2, 0.25) is 5.91 Å². The second-order valence-corrected chi connectivity index (χ2v) is 8.40. The molecule has 0 aromatic rings. The minimum atomic E-state index is -2.93. The summed E-state index contributed by atoms with van der Waals surface area (Å²) < 4.78 is 23.5. The highest BCUT2D eigenvalue weighted by Crippen LogP contribution is 2.19. The molecule has 0 spiro atoms. The molecule has 1 N–H and O–H groups in total. The van der Waals surface area contributed by atoms with Crippen LogP contribution in [0.5, 0.6) is 0 Å². The Morgan fingerprint density at radius 1 is 1.20 bits per heavy atom. The van der Waals surface area contributed by atoms with Gasteiger partial charge in [0.05, 0.1) is 17.0 Å². The molecule has 0 bridgehead atoms. The highest BCUT2D eigenvalue weighted by atomic mass is 32.2. The number of hydrogen-bond acceptors (Lipinski definition) is 4. The van der Waals surface area contributed by atoms with Gasteiger partial charge >= 0.3 is 0 Å². The fraction of sp³-hybridized carbons (Fsp3) is 0.929. The minimum Gasteiger partial charge on any atom is -0.341 e. The van der Waals surface area contributed by atoms with E-state index in [1.807, 2.05) is 11.8 Å². The fourth-order valence-electron chi connectivity index (χ4n) is 3.05. The highest BCUT2D eigenvalue weighted by Gasteiger charge is 2.32. The third-order valence-corrected chi connectivity index (χ3v) is 6.68. The number of rotatable bonds is 4. The first-order valence-corrected chi connectivity index (χ1v) is 9.46. The summed E-state index contributed by atoms with van der Waals surface area (Å²) in [4.78, 5) is 14.3. The van der Waals surface area contributed by atoms with Crippen molar-refractivity contribution in [2.24, 2.45) is 0 Å². The predicted octanol–water partition coefficient (Wildman–Crippen LogP) is 0.944. The van der Waals surface area contributed by atoms with Crippen molar-refractivity contribution in [3.63, 3.8) is 0 Å². The third kappa shape index (κ3) is 3.95. The van der Waals surface area contributed by atoms with Crippen molar-refractivity contribution in [2.75, 3.05) is 25.4 Å². The van der Waals surface area contributed by atoms with Gasteiger partial charge in [0, 0.05) is 19.6 Å². The molecule has 2 saturated heterocycles. The monoisotopic (exact) mass is 302 g/mol. The molecule has 116 valence electrons. The van der Waals surface area contributed by atoms with Gasteiger partial charge in [0.1, 0.15) is 0 Å². The summed E-state index contributed by atoms with van der Waals surface area (Å²) in [6.45, 7) is 3.93. The SMILES string of the molecule is CC(NCC1CCCS1(=O)=O)C(=O)N1CCCCCC1. The maximum absolute atomic E-state index is 12.3. The van der Waals surface area contributed by atoms with Gasteiger partial charge in [0.25, 0.3) is 0 Å². The molecule has 0 aromatic heterocycles. The van der Waals surface area contributed by atoms with Gasteiger partial charge in [-0.15, -0.1) is 0 Å². The molecule has 0 aliphatic carbocycles. The molecule has 5 nitrogen and oxygen atoms in total. The standard InChI is InChI=1S/C14H26N2O3S/c1-12(14(17)16-8-4-2-3-5-9-16)15-11-13-7-6-10-20(13,18)19/h12-13,15H,2-11H2,1H3. The van der Waals surface area contributed by atoms with Crippen LogP contribution in [0.2, 0.25) is 0 Å². The molecule has 2 rings (SSSR count). The van der Waals surface area contributed by atoms with Crippen molar-refractivity contribution in [1.29, 1.82) is 0 Å². The smallest absolute Gasteiger partial charge is 0.239 e. The average Bonchev–Trinajstić information content (AvgIpc) is 2.63. The quantitative estimate of drug-likeness (QED) is 0.839. The second-order valence-electron chi connectivity index (χ2n) is 6.00. The van der Waals surface area contributed by atoms with E-state index in [1.165, 1.54) is 12.8 Å². The normalized spacial score (nSPS) is 28.1. The molecule has 2 atom stereocenters. The zero-order chi connectivity index (χ0) is 14.6. The molecule has 2 aliphatic rings. The Labute approximate surface area is 122 Å². The lowest BCUT2D eigenvalue weighted by atomic mass is 10.2. The van der Waals surface area contributed by atoms with Gasteiger partial charge in [-0.3, -0.25) is 4.79 Å². The first-order chi connectivity index (χ1) is 9.50. The largest absolute Gasteiger partial charge is 0.341 e. The molecule has 0 aromatic carbocycles. The van der Waals surface area contributed by atoms with E-state index in [0.717, 1.165) is 38.8 Å². The summed E-state index contributed by atoms with van der Waals surface area (Å²) >= 11 is 0. The average molecular weight is 302 g/mol. The number of carbonyl (C=O) groups is 1. The highest BCUT2D eigenvalue weighted by molar-refractivity contribution is 7.92. The van der Waals surface area contributed by atoms with Gasteiger partial charge in [0.15, 0.2) is 9.84 Å². The molecule has 1 amide bonds. The number of likely N-dealkylation sites (tertiary alicyclic amines) is 1. The first-order valence-electron chi connectivity index (χ1n) is 7.74. The van der Waals surface area contributed by atoms with E-state index in [9.17, 15) is 13.2 Å². The molecular formula is C14H26N2O3S. The lowest BCUT2D eigenvalue weighted by Gasteiger charge is -2.25. The number of hydrogen-bond donors (Lipinski definition) is 1. The van der Waals surface area contributed by atoms with E-state index in [-0.39, 0.29) is 17.2 Å². The second kappa shape index (κ2) is 6.89. The van der Waals surface area contributed by atoms with E-state index in [2.05, 4.69) is 5.32 Å². The van der Waals surface area contributed by atoms with Crippen LogP contribution in [0.4, 0.5) is 0 Å². The number of sulfone groups is 1. The lowest BCUT2D eigenvalue weighted by molar-refractivity contribution is -0.133. The van der Waals surface area contributed by atoms with Crippen LogP contribution in [-0.4, -0.2) is 55.9 Å². The van der Waals surface area contributed by atoms with E-state index < -0.39 is 9.84 Å². The topological polar surface area (TPSA) is 66.5 Å². The van der Waals surface area contributed by atoms with Crippen molar-refractivity contribution >= 4 is 15.7 Å². The summed E-state index contributed by atoms with van der Waals surface area (Å²) in [5.74, 6) is 0.413. The third-order valence-electron chi connectivity index (χ3n) is 4.40. The van der Waals surface area contributed by atoms with Crippen LogP contribution in [0.15, 0.2) is 0 Å². The Balaban J connectivity index is 1.81. The van der Waals surface area contributed by atoms with Crippen LogP contribution in [0, 0.1) is 0 Å². The Morgan fingerprint density at radius 3 is 2.40 bits per heavy atom. The number of nitrogens with zero attached hydrogens (tertiary/aromatic N) is 1. The molecule has 20 heavy (non-hydrogen) atoms. The lowest BCUT2D eigenvalue weighted by Crippen LogP contribution is -2.47. The zero-order valence-electron chi connectivity index (χ0n) is 12.3. The molecular weight excluding hydrogens is 276 g/mol. The van der Waals surface area contributed by atoms with Crippen molar-refractivity contribution in [3.05, 3.63) is 0 Å². The van der Waals surface area contributed by atoms with Crippen LogP contribution in [0.1, 0.15) is 45.4 Å². The Hall–Kier alpha value is -0.620. The Kier molecular flexibility index (Phi) is 5.43. The Morgan fingerprint density at radius 2 is 1.85 bits per heavy atom. The molecule has 6 heteroatoms. The molecule has 0 radical (unpaired) electrons. The van der Waals surface area contributed by atoms with Gasteiger partial charge in [-0.25, -0.2) is 8.42 Å². The van der Waals surface area contributed by atoms with Gasteiger partial charge in [-0.2, -0.15) is 0 Å². The molecule has 2 unspecified atom stereocenters. The molecule has 2 fully saturated rings. The van der Waals surface area contributed by atoms with Crippen LogP contribution in [0.25, 0.3) is 0 Å². The van der Waals surface area contributed by atoms with E-state index in [1.54, 1.807) is 0 Å². The molecule has 0 saturated carbocycles. The van der Waals surface area contributed by atoms with Crippen LogP contribution < -0.4 is 5.32 Å². The maximum atomic E-state index is 12.3. The molecule has 2 aliphatic heterocycles. The summed E-state index contributed by atoms with van der Waals surface area (Å²) in [7, 11) is -2.93.